The quantitative estimate of drug-likeness (QED) is 0.188. The van der Waals surface area contributed by atoms with Gasteiger partial charge in [0, 0.05) is 19.2 Å². The van der Waals surface area contributed by atoms with Crippen LogP contribution in [0.4, 0.5) is 0 Å². The van der Waals surface area contributed by atoms with Gasteiger partial charge in [0.05, 0.1) is 12.9 Å². The molecular formula is C10H17NO4. The molecule has 0 aromatic heterocycles. The Morgan fingerprint density at radius 3 is 2.67 bits per heavy atom. The van der Waals surface area contributed by atoms with Crippen molar-refractivity contribution in [3.05, 3.63) is 25.5 Å². The molecule has 0 spiro atoms. The summed E-state index contributed by atoms with van der Waals surface area (Å²) in [6.07, 6.45) is 2.46. The average molecular weight is 215 g/mol. The van der Waals surface area contributed by atoms with Crippen molar-refractivity contribution in [2.75, 3.05) is 33.1 Å². The monoisotopic (exact) mass is 215 g/mol. The van der Waals surface area contributed by atoms with Crippen LogP contribution in [-0.2, 0) is 19.0 Å². The lowest BCUT2D eigenvalue weighted by Crippen LogP contribution is -2.25. The molecule has 1 N–H and O–H groups in total. The molecule has 0 fully saturated rings. The Labute approximate surface area is 89.7 Å². The molecule has 0 aliphatic carbocycles. The van der Waals surface area contributed by atoms with Crippen LogP contribution in [0.15, 0.2) is 25.5 Å². The largest absolute Gasteiger partial charge is 0.476 e. The number of hydrogen-bond donors (Lipinski definition) is 1. The van der Waals surface area contributed by atoms with Crippen LogP contribution in [0.2, 0.25) is 0 Å². The molecular weight excluding hydrogens is 198 g/mol. The third-order valence-electron chi connectivity index (χ3n) is 1.38. The van der Waals surface area contributed by atoms with Crippen molar-refractivity contribution in [2.24, 2.45) is 0 Å². The van der Waals surface area contributed by atoms with Crippen molar-refractivity contribution in [1.82, 2.24) is 5.32 Å². The number of nitrogens with one attached hydrogen (secondary N) is 1. The highest BCUT2D eigenvalue weighted by Crippen LogP contribution is 1.79. The first-order chi connectivity index (χ1) is 7.31. The van der Waals surface area contributed by atoms with E-state index in [1.165, 1.54) is 6.26 Å². The van der Waals surface area contributed by atoms with E-state index in [1.54, 1.807) is 0 Å². The van der Waals surface area contributed by atoms with E-state index in [4.69, 9.17) is 14.2 Å². The van der Waals surface area contributed by atoms with Gasteiger partial charge in [0.2, 0.25) is 0 Å². The van der Waals surface area contributed by atoms with Crippen molar-refractivity contribution in [2.45, 2.75) is 0 Å². The number of carbonyl (C=O) groups excluding carboxylic acids is 1. The first-order valence-electron chi connectivity index (χ1n) is 4.61. The summed E-state index contributed by atoms with van der Waals surface area (Å²) in [7, 11) is 0. The van der Waals surface area contributed by atoms with Crippen molar-refractivity contribution in [3.63, 3.8) is 0 Å². The van der Waals surface area contributed by atoms with Crippen molar-refractivity contribution < 1.29 is 19.0 Å². The molecule has 0 atom stereocenters. The standard InChI is InChI=1S/C10H17NO4/c1-3-10(12)15-8-6-11-5-7-14-9-13-4-2/h3-4,11H,1-2,5-9H2. The first kappa shape index (κ1) is 13.7. The fourth-order valence-corrected chi connectivity index (χ4v) is 0.707. The lowest BCUT2D eigenvalue weighted by atomic mass is 10.6. The maximum Gasteiger partial charge on any atom is 0.330 e. The van der Waals surface area contributed by atoms with E-state index in [1.807, 2.05) is 0 Å². The van der Waals surface area contributed by atoms with Gasteiger partial charge in [-0.2, -0.15) is 0 Å². The molecule has 0 unspecified atom stereocenters. The highest BCUT2D eigenvalue weighted by Gasteiger charge is 1.93. The summed E-state index contributed by atoms with van der Waals surface area (Å²) in [4.78, 5) is 10.6. The summed E-state index contributed by atoms with van der Waals surface area (Å²) < 4.78 is 14.5. The molecule has 0 amide bonds. The van der Waals surface area contributed by atoms with Gasteiger partial charge < -0.3 is 19.5 Å². The van der Waals surface area contributed by atoms with E-state index >= 15 is 0 Å². The molecule has 0 bridgehead atoms. The fourth-order valence-electron chi connectivity index (χ4n) is 0.707. The Balaban J connectivity index is 3.01. The van der Waals surface area contributed by atoms with Crippen molar-refractivity contribution in [1.29, 1.82) is 0 Å². The zero-order valence-corrected chi connectivity index (χ0v) is 8.74. The van der Waals surface area contributed by atoms with Crippen molar-refractivity contribution >= 4 is 5.97 Å². The smallest absolute Gasteiger partial charge is 0.330 e. The lowest BCUT2D eigenvalue weighted by molar-refractivity contribution is -0.137. The normalized spacial score (nSPS) is 9.33. The molecule has 0 saturated heterocycles. The zero-order chi connectivity index (χ0) is 11.4. The van der Waals surface area contributed by atoms with Crippen LogP contribution in [0.5, 0.6) is 0 Å². The molecule has 5 heteroatoms. The molecule has 86 valence electrons. The van der Waals surface area contributed by atoms with Gasteiger partial charge in [0.25, 0.3) is 0 Å². The third kappa shape index (κ3) is 10.6. The minimum Gasteiger partial charge on any atom is -0.476 e. The van der Waals surface area contributed by atoms with E-state index in [9.17, 15) is 4.79 Å². The summed E-state index contributed by atoms with van der Waals surface area (Å²) in [5, 5.41) is 3.02. The molecule has 0 heterocycles. The molecule has 0 rings (SSSR count). The first-order valence-corrected chi connectivity index (χ1v) is 4.61. The van der Waals surface area contributed by atoms with Gasteiger partial charge in [-0.15, -0.1) is 0 Å². The molecule has 0 aromatic carbocycles. The second-order valence-electron chi connectivity index (χ2n) is 2.48. The minimum atomic E-state index is -0.410. The van der Waals surface area contributed by atoms with Gasteiger partial charge in [0.1, 0.15) is 6.61 Å². The van der Waals surface area contributed by atoms with E-state index in [2.05, 4.69) is 18.5 Å². The van der Waals surface area contributed by atoms with Gasteiger partial charge in [-0.25, -0.2) is 4.79 Å². The molecule has 0 aliphatic heterocycles. The molecule has 15 heavy (non-hydrogen) atoms. The highest BCUT2D eigenvalue weighted by molar-refractivity contribution is 5.81. The zero-order valence-electron chi connectivity index (χ0n) is 8.74. The summed E-state index contributed by atoms with van der Waals surface area (Å²) >= 11 is 0. The van der Waals surface area contributed by atoms with Gasteiger partial charge >= 0.3 is 5.97 Å². The van der Waals surface area contributed by atoms with Crippen LogP contribution in [0.1, 0.15) is 0 Å². The lowest BCUT2D eigenvalue weighted by Gasteiger charge is -2.05. The maximum absolute atomic E-state index is 10.6. The maximum atomic E-state index is 10.6. The van der Waals surface area contributed by atoms with Gasteiger partial charge in [0.15, 0.2) is 6.79 Å². The van der Waals surface area contributed by atoms with E-state index in [0.29, 0.717) is 26.3 Å². The SMILES string of the molecule is C=COCOCCNCCOC(=O)C=C. The van der Waals surface area contributed by atoms with E-state index in [-0.39, 0.29) is 6.79 Å². The minimum absolute atomic E-state index is 0.205. The van der Waals surface area contributed by atoms with Crippen molar-refractivity contribution in [3.8, 4) is 0 Å². The third-order valence-corrected chi connectivity index (χ3v) is 1.38. The van der Waals surface area contributed by atoms with Crippen LogP contribution in [0, 0.1) is 0 Å². The van der Waals surface area contributed by atoms with E-state index < -0.39 is 5.97 Å². The number of esters is 1. The Hall–Kier alpha value is -1.33. The number of hydrogen-bond acceptors (Lipinski definition) is 5. The number of rotatable bonds is 10. The Kier molecular flexibility index (Phi) is 9.80. The molecule has 0 aromatic rings. The number of carbonyl (C=O) groups is 1. The summed E-state index contributed by atoms with van der Waals surface area (Å²) in [6.45, 7) is 8.97. The Morgan fingerprint density at radius 1 is 1.27 bits per heavy atom. The molecule has 0 saturated carbocycles. The summed E-state index contributed by atoms with van der Waals surface area (Å²) in [5.74, 6) is -0.410. The molecule has 5 nitrogen and oxygen atoms in total. The Bertz CT molecular complexity index is 194. The summed E-state index contributed by atoms with van der Waals surface area (Å²) in [5.41, 5.74) is 0. The van der Waals surface area contributed by atoms with Crippen LogP contribution in [-0.4, -0.2) is 39.1 Å². The van der Waals surface area contributed by atoms with Crippen LogP contribution in [0.25, 0.3) is 0 Å². The average Bonchev–Trinajstić information content (AvgIpc) is 2.26. The predicted octanol–water partition coefficient (Wildman–Crippen LogP) is 0.439. The Morgan fingerprint density at radius 2 is 2.00 bits per heavy atom. The topological polar surface area (TPSA) is 56.8 Å². The van der Waals surface area contributed by atoms with Gasteiger partial charge in [-0.1, -0.05) is 13.2 Å². The van der Waals surface area contributed by atoms with Crippen LogP contribution < -0.4 is 5.32 Å². The summed E-state index contributed by atoms with van der Waals surface area (Å²) in [6, 6.07) is 0. The second-order valence-corrected chi connectivity index (χ2v) is 2.48. The molecule has 0 aliphatic rings. The molecule has 0 radical (unpaired) electrons. The van der Waals surface area contributed by atoms with E-state index in [0.717, 1.165) is 6.08 Å². The predicted molar refractivity (Wildman–Crippen MR) is 56.1 cm³/mol. The van der Waals surface area contributed by atoms with Gasteiger partial charge in [-0.3, -0.25) is 0 Å². The number of ether oxygens (including phenoxy) is 3. The fraction of sp³-hybridized carbons (Fsp3) is 0.500. The van der Waals surface area contributed by atoms with Gasteiger partial charge in [-0.05, 0) is 0 Å². The highest BCUT2D eigenvalue weighted by atomic mass is 16.7. The second kappa shape index (κ2) is 10.7. The van der Waals surface area contributed by atoms with Crippen LogP contribution >= 0.6 is 0 Å². The van der Waals surface area contributed by atoms with Crippen LogP contribution in [0.3, 0.4) is 0 Å².